The molecule has 2 aromatic heterocycles. The van der Waals surface area contributed by atoms with Crippen LogP contribution in [0.3, 0.4) is 0 Å². The molecule has 0 saturated heterocycles. The highest BCUT2D eigenvalue weighted by atomic mass is 32.2. The van der Waals surface area contributed by atoms with Crippen LogP contribution in [-0.2, 0) is 7.05 Å². The van der Waals surface area contributed by atoms with E-state index in [9.17, 15) is 0 Å². The Balaban J connectivity index is 2.18. The van der Waals surface area contributed by atoms with Gasteiger partial charge in [-0.05, 0) is 32.0 Å². The Morgan fingerprint density at radius 2 is 2.24 bits per heavy atom. The lowest BCUT2D eigenvalue weighted by Gasteiger charge is -2.11. The molecule has 92 valence electrons. The molecule has 1 atom stereocenters. The predicted molar refractivity (Wildman–Crippen MR) is 69.0 cm³/mol. The van der Waals surface area contributed by atoms with Gasteiger partial charge in [0.25, 0.3) is 0 Å². The average molecular weight is 251 g/mol. The van der Waals surface area contributed by atoms with E-state index < -0.39 is 0 Å². The maximum Gasteiger partial charge on any atom is 0.118 e. The van der Waals surface area contributed by atoms with E-state index in [1.165, 1.54) is 0 Å². The highest BCUT2D eigenvalue weighted by molar-refractivity contribution is 7.99. The summed E-state index contributed by atoms with van der Waals surface area (Å²) in [6, 6.07) is 6.01. The first kappa shape index (κ1) is 12.3. The van der Waals surface area contributed by atoms with Crippen LogP contribution in [0, 0.1) is 13.8 Å². The van der Waals surface area contributed by atoms with Gasteiger partial charge in [-0.1, -0.05) is 11.8 Å². The molecule has 0 spiro atoms. The summed E-state index contributed by atoms with van der Waals surface area (Å²) in [6.07, 6.45) is 0. The van der Waals surface area contributed by atoms with Crippen LogP contribution in [0.5, 0.6) is 0 Å². The van der Waals surface area contributed by atoms with Crippen molar-refractivity contribution in [2.75, 3.05) is 6.54 Å². The maximum atomic E-state index is 5.81. The summed E-state index contributed by atoms with van der Waals surface area (Å²) in [5, 5.41) is 5.56. The predicted octanol–water partition coefficient (Wildman–Crippen LogP) is 2.42. The minimum Gasteiger partial charge on any atom is -0.465 e. The van der Waals surface area contributed by atoms with Gasteiger partial charge in [0.1, 0.15) is 11.5 Å². The second-order valence-corrected chi connectivity index (χ2v) is 5.26. The lowest BCUT2D eigenvalue weighted by atomic mass is 10.3. The van der Waals surface area contributed by atoms with Gasteiger partial charge in [-0.15, -0.1) is 0 Å². The summed E-state index contributed by atoms with van der Waals surface area (Å²) in [4.78, 5) is 0. The van der Waals surface area contributed by atoms with Crippen molar-refractivity contribution < 1.29 is 4.42 Å². The van der Waals surface area contributed by atoms with Crippen LogP contribution in [0.4, 0.5) is 0 Å². The minimum atomic E-state index is 0.137. The Hall–Kier alpha value is -1.20. The molecule has 0 bridgehead atoms. The van der Waals surface area contributed by atoms with Gasteiger partial charge in [0, 0.05) is 13.6 Å². The standard InChI is InChI=1S/C12H17N3OS/c1-8-6-12(15(3)14-8)17-11(7-13)10-5-4-9(2)16-10/h4-6,11H,7,13H2,1-3H3. The van der Waals surface area contributed by atoms with E-state index in [4.69, 9.17) is 10.2 Å². The summed E-state index contributed by atoms with van der Waals surface area (Å²) in [5.74, 6) is 1.84. The zero-order valence-electron chi connectivity index (χ0n) is 10.3. The molecule has 2 rings (SSSR count). The van der Waals surface area contributed by atoms with Crippen molar-refractivity contribution >= 4 is 11.8 Å². The first-order valence-electron chi connectivity index (χ1n) is 5.54. The Morgan fingerprint density at radius 3 is 2.71 bits per heavy atom. The molecule has 0 saturated carbocycles. The normalized spacial score (nSPS) is 12.9. The number of hydrogen-bond donors (Lipinski definition) is 1. The number of hydrogen-bond acceptors (Lipinski definition) is 4. The van der Waals surface area contributed by atoms with E-state index in [1.54, 1.807) is 11.8 Å². The lowest BCUT2D eigenvalue weighted by molar-refractivity contribution is 0.481. The zero-order valence-corrected chi connectivity index (χ0v) is 11.1. The highest BCUT2D eigenvalue weighted by Crippen LogP contribution is 2.35. The SMILES string of the molecule is Cc1cc(SC(CN)c2ccc(C)o2)n(C)n1. The molecule has 0 radical (unpaired) electrons. The zero-order chi connectivity index (χ0) is 12.4. The van der Waals surface area contributed by atoms with E-state index in [1.807, 2.05) is 37.7 Å². The molecule has 4 nitrogen and oxygen atoms in total. The summed E-state index contributed by atoms with van der Waals surface area (Å²) in [6.45, 7) is 4.47. The van der Waals surface area contributed by atoms with E-state index in [0.29, 0.717) is 6.54 Å². The van der Waals surface area contributed by atoms with Gasteiger partial charge >= 0.3 is 0 Å². The molecule has 0 amide bonds. The Morgan fingerprint density at radius 1 is 1.47 bits per heavy atom. The molecule has 0 aliphatic carbocycles. The van der Waals surface area contributed by atoms with E-state index in [0.717, 1.165) is 22.2 Å². The fraction of sp³-hybridized carbons (Fsp3) is 0.417. The number of furan rings is 1. The van der Waals surface area contributed by atoms with E-state index in [-0.39, 0.29) is 5.25 Å². The molecular weight excluding hydrogens is 234 g/mol. The average Bonchev–Trinajstić information content (AvgIpc) is 2.82. The van der Waals surface area contributed by atoms with Crippen molar-refractivity contribution in [3.05, 3.63) is 35.4 Å². The van der Waals surface area contributed by atoms with Crippen LogP contribution < -0.4 is 5.73 Å². The topological polar surface area (TPSA) is 57.0 Å². The molecule has 0 aliphatic rings. The number of nitrogens with two attached hydrogens (primary N) is 1. The van der Waals surface area contributed by atoms with Crippen molar-refractivity contribution in [2.45, 2.75) is 24.1 Å². The number of aryl methyl sites for hydroxylation is 3. The van der Waals surface area contributed by atoms with Gasteiger partial charge < -0.3 is 10.2 Å². The fourth-order valence-corrected chi connectivity index (χ4v) is 2.75. The van der Waals surface area contributed by atoms with Gasteiger partial charge in [0.2, 0.25) is 0 Å². The van der Waals surface area contributed by atoms with Crippen LogP contribution in [0.2, 0.25) is 0 Å². The maximum absolute atomic E-state index is 5.81. The van der Waals surface area contributed by atoms with Crippen LogP contribution in [-0.4, -0.2) is 16.3 Å². The van der Waals surface area contributed by atoms with Gasteiger partial charge in [-0.3, -0.25) is 4.68 Å². The molecule has 0 aliphatic heterocycles. The van der Waals surface area contributed by atoms with Crippen LogP contribution in [0.25, 0.3) is 0 Å². The van der Waals surface area contributed by atoms with E-state index in [2.05, 4.69) is 11.2 Å². The highest BCUT2D eigenvalue weighted by Gasteiger charge is 2.17. The third-order valence-electron chi connectivity index (χ3n) is 2.51. The Kier molecular flexibility index (Phi) is 3.59. The van der Waals surface area contributed by atoms with Gasteiger partial charge in [0.05, 0.1) is 16.0 Å². The molecule has 2 aromatic rings. The molecule has 17 heavy (non-hydrogen) atoms. The Bertz CT molecular complexity index is 504. The fourth-order valence-electron chi connectivity index (χ4n) is 1.69. The first-order valence-corrected chi connectivity index (χ1v) is 6.42. The van der Waals surface area contributed by atoms with Gasteiger partial charge in [-0.2, -0.15) is 5.10 Å². The second-order valence-electron chi connectivity index (χ2n) is 4.04. The van der Waals surface area contributed by atoms with Crippen LogP contribution >= 0.6 is 11.8 Å². The summed E-state index contributed by atoms with van der Waals surface area (Å²) in [7, 11) is 1.94. The molecule has 0 aromatic carbocycles. The largest absolute Gasteiger partial charge is 0.465 e. The van der Waals surface area contributed by atoms with Crippen molar-refractivity contribution in [1.82, 2.24) is 9.78 Å². The molecule has 2 N–H and O–H groups in total. The molecule has 0 fully saturated rings. The minimum absolute atomic E-state index is 0.137. The van der Waals surface area contributed by atoms with Crippen molar-refractivity contribution in [3.63, 3.8) is 0 Å². The molecular formula is C12H17N3OS. The monoisotopic (exact) mass is 251 g/mol. The number of nitrogens with zero attached hydrogens (tertiary/aromatic N) is 2. The molecule has 1 unspecified atom stereocenters. The first-order chi connectivity index (χ1) is 8.10. The Labute approximate surface area is 105 Å². The molecule has 2 heterocycles. The summed E-state index contributed by atoms with van der Waals surface area (Å²) < 4.78 is 7.50. The second kappa shape index (κ2) is 4.98. The number of thioether (sulfide) groups is 1. The number of rotatable bonds is 4. The summed E-state index contributed by atoms with van der Waals surface area (Å²) in [5.41, 5.74) is 6.82. The lowest BCUT2D eigenvalue weighted by Crippen LogP contribution is -2.09. The smallest absolute Gasteiger partial charge is 0.118 e. The number of aromatic nitrogens is 2. The third-order valence-corrected chi connectivity index (χ3v) is 3.85. The molecule has 5 heteroatoms. The van der Waals surface area contributed by atoms with E-state index >= 15 is 0 Å². The van der Waals surface area contributed by atoms with Gasteiger partial charge in [-0.25, -0.2) is 0 Å². The van der Waals surface area contributed by atoms with Crippen molar-refractivity contribution in [3.8, 4) is 0 Å². The van der Waals surface area contributed by atoms with Crippen molar-refractivity contribution in [2.24, 2.45) is 12.8 Å². The quantitative estimate of drug-likeness (QED) is 0.848. The summed E-state index contributed by atoms with van der Waals surface area (Å²) >= 11 is 1.68. The third kappa shape index (κ3) is 2.73. The van der Waals surface area contributed by atoms with Crippen LogP contribution in [0.1, 0.15) is 22.5 Å². The van der Waals surface area contributed by atoms with Crippen LogP contribution in [0.15, 0.2) is 27.6 Å². The van der Waals surface area contributed by atoms with Gasteiger partial charge in [0.15, 0.2) is 0 Å². The van der Waals surface area contributed by atoms with Crippen molar-refractivity contribution in [1.29, 1.82) is 0 Å².